The van der Waals surface area contributed by atoms with Gasteiger partial charge in [0.2, 0.25) is 0 Å². The molecule has 7 nitrogen and oxygen atoms in total. The van der Waals surface area contributed by atoms with Gasteiger partial charge in [-0.3, -0.25) is 9.67 Å². The average Bonchev–Trinajstić information content (AvgIpc) is 2.77. The van der Waals surface area contributed by atoms with Crippen LogP contribution in [0.5, 0.6) is 5.75 Å². The molecular weight excluding hydrogens is 268 g/mol. The summed E-state index contributed by atoms with van der Waals surface area (Å²) in [5, 5.41) is 7.43. The summed E-state index contributed by atoms with van der Waals surface area (Å²) in [6, 6.07) is 2.04. The molecular formula is C14H20N6O. The smallest absolute Gasteiger partial charge is 0.164 e. The van der Waals surface area contributed by atoms with Crippen molar-refractivity contribution in [1.82, 2.24) is 25.1 Å². The van der Waals surface area contributed by atoms with Crippen molar-refractivity contribution in [3.63, 3.8) is 0 Å². The van der Waals surface area contributed by atoms with E-state index in [0.717, 1.165) is 49.9 Å². The molecule has 0 aliphatic carbocycles. The van der Waals surface area contributed by atoms with Crippen LogP contribution < -0.4 is 15.0 Å². The Morgan fingerprint density at radius 1 is 1.29 bits per heavy atom. The molecule has 0 spiro atoms. The van der Waals surface area contributed by atoms with E-state index in [9.17, 15) is 0 Å². The van der Waals surface area contributed by atoms with E-state index in [4.69, 9.17) is 4.74 Å². The zero-order valence-corrected chi connectivity index (χ0v) is 12.2. The highest BCUT2D eigenvalue weighted by Crippen LogP contribution is 2.20. The normalized spacial score (nSPS) is 15.8. The lowest BCUT2D eigenvalue weighted by molar-refractivity contribution is 0.288. The number of aryl methyl sites for hydroxylation is 1. The molecule has 2 aromatic rings. The van der Waals surface area contributed by atoms with Crippen LogP contribution in [0.1, 0.15) is 12.2 Å². The molecule has 0 radical (unpaired) electrons. The standard InChI is InChI=1S/C14H20N6O/c1-19-14(17-11-18-19)10-21-13-7-12(8-16-9-13)20-5-2-3-15-4-6-20/h7-9,11,15H,2-6,10H2,1H3. The number of ether oxygens (including phenoxy) is 1. The summed E-state index contributed by atoms with van der Waals surface area (Å²) >= 11 is 0. The summed E-state index contributed by atoms with van der Waals surface area (Å²) in [7, 11) is 1.85. The predicted octanol–water partition coefficient (Wildman–Crippen LogP) is 0.589. The molecule has 1 aliphatic rings. The van der Waals surface area contributed by atoms with E-state index in [2.05, 4.69) is 25.3 Å². The van der Waals surface area contributed by atoms with Crippen LogP contribution in [0.4, 0.5) is 5.69 Å². The molecule has 3 heterocycles. The van der Waals surface area contributed by atoms with Crippen molar-refractivity contribution in [2.24, 2.45) is 7.05 Å². The maximum absolute atomic E-state index is 5.77. The zero-order chi connectivity index (χ0) is 14.5. The van der Waals surface area contributed by atoms with Gasteiger partial charge >= 0.3 is 0 Å². The number of nitrogens with one attached hydrogen (secondary N) is 1. The van der Waals surface area contributed by atoms with E-state index < -0.39 is 0 Å². The Balaban J connectivity index is 1.66. The van der Waals surface area contributed by atoms with Crippen LogP contribution in [0.25, 0.3) is 0 Å². The molecule has 0 saturated carbocycles. The molecule has 1 aliphatic heterocycles. The SMILES string of the molecule is Cn1ncnc1COc1cncc(N2CCCNCC2)c1. The summed E-state index contributed by atoms with van der Waals surface area (Å²) in [5.74, 6) is 1.55. The first-order valence-electron chi connectivity index (χ1n) is 7.19. The van der Waals surface area contributed by atoms with Gasteiger partial charge in [-0.25, -0.2) is 4.98 Å². The Morgan fingerprint density at radius 2 is 2.24 bits per heavy atom. The second-order valence-corrected chi connectivity index (χ2v) is 5.06. The highest BCUT2D eigenvalue weighted by Gasteiger charge is 2.11. The third-order valence-electron chi connectivity index (χ3n) is 3.58. The largest absolute Gasteiger partial charge is 0.484 e. The third-order valence-corrected chi connectivity index (χ3v) is 3.58. The average molecular weight is 288 g/mol. The summed E-state index contributed by atoms with van der Waals surface area (Å²) < 4.78 is 7.47. The second kappa shape index (κ2) is 6.53. The van der Waals surface area contributed by atoms with Gasteiger partial charge in [0.25, 0.3) is 0 Å². The van der Waals surface area contributed by atoms with Crippen molar-refractivity contribution < 1.29 is 4.74 Å². The van der Waals surface area contributed by atoms with Gasteiger partial charge in [0.15, 0.2) is 5.82 Å². The van der Waals surface area contributed by atoms with E-state index >= 15 is 0 Å². The minimum Gasteiger partial charge on any atom is -0.484 e. The molecule has 1 N–H and O–H groups in total. The van der Waals surface area contributed by atoms with Crippen LogP contribution in [-0.2, 0) is 13.7 Å². The first-order valence-corrected chi connectivity index (χ1v) is 7.19. The molecule has 0 aromatic carbocycles. The minimum absolute atomic E-state index is 0.392. The summed E-state index contributed by atoms with van der Waals surface area (Å²) in [5.41, 5.74) is 1.11. The van der Waals surface area contributed by atoms with Crippen LogP contribution in [0.2, 0.25) is 0 Å². The number of aromatic nitrogens is 4. The second-order valence-electron chi connectivity index (χ2n) is 5.06. The fourth-order valence-corrected chi connectivity index (χ4v) is 2.36. The van der Waals surface area contributed by atoms with Crippen LogP contribution in [0, 0.1) is 0 Å². The lowest BCUT2D eigenvalue weighted by atomic mass is 10.3. The topological polar surface area (TPSA) is 68.1 Å². The van der Waals surface area contributed by atoms with Gasteiger partial charge in [0.05, 0.1) is 18.1 Å². The van der Waals surface area contributed by atoms with Crippen LogP contribution in [0.3, 0.4) is 0 Å². The van der Waals surface area contributed by atoms with E-state index in [1.54, 1.807) is 10.9 Å². The Bertz CT molecular complexity index is 576. The zero-order valence-electron chi connectivity index (χ0n) is 12.2. The maximum atomic E-state index is 5.77. The Kier molecular flexibility index (Phi) is 4.30. The van der Waals surface area contributed by atoms with Crippen molar-refractivity contribution in [1.29, 1.82) is 0 Å². The summed E-state index contributed by atoms with van der Waals surface area (Å²) in [6.07, 6.45) is 6.29. The van der Waals surface area contributed by atoms with Gasteiger partial charge < -0.3 is 15.0 Å². The molecule has 0 amide bonds. The highest BCUT2D eigenvalue weighted by molar-refractivity contribution is 5.48. The van der Waals surface area contributed by atoms with Gasteiger partial charge in [0, 0.05) is 32.7 Å². The van der Waals surface area contributed by atoms with E-state index in [-0.39, 0.29) is 0 Å². The van der Waals surface area contributed by atoms with Crippen molar-refractivity contribution >= 4 is 5.69 Å². The van der Waals surface area contributed by atoms with Crippen LogP contribution in [0.15, 0.2) is 24.8 Å². The molecule has 1 fully saturated rings. The van der Waals surface area contributed by atoms with Crippen LogP contribution in [-0.4, -0.2) is 45.9 Å². The molecule has 7 heteroatoms. The van der Waals surface area contributed by atoms with Gasteiger partial charge in [-0.2, -0.15) is 5.10 Å². The minimum atomic E-state index is 0.392. The lowest BCUT2D eigenvalue weighted by Gasteiger charge is -2.22. The number of hydrogen-bond donors (Lipinski definition) is 1. The maximum Gasteiger partial charge on any atom is 0.164 e. The van der Waals surface area contributed by atoms with Gasteiger partial charge in [-0.05, 0) is 13.0 Å². The van der Waals surface area contributed by atoms with Crippen molar-refractivity contribution in [2.75, 3.05) is 31.1 Å². The van der Waals surface area contributed by atoms with Gasteiger partial charge in [-0.1, -0.05) is 0 Å². The summed E-state index contributed by atoms with van der Waals surface area (Å²) in [6.45, 7) is 4.51. The number of anilines is 1. The number of pyridine rings is 1. The number of rotatable bonds is 4. The predicted molar refractivity (Wildman–Crippen MR) is 79.3 cm³/mol. The number of nitrogens with zero attached hydrogens (tertiary/aromatic N) is 5. The van der Waals surface area contributed by atoms with E-state index in [1.165, 1.54) is 6.33 Å². The molecule has 2 aromatic heterocycles. The quantitative estimate of drug-likeness (QED) is 0.888. The number of hydrogen-bond acceptors (Lipinski definition) is 6. The van der Waals surface area contributed by atoms with E-state index in [0.29, 0.717) is 6.61 Å². The lowest BCUT2D eigenvalue weighted by Crippen LogP contribution is -2.27. The van der Waals surface area contributed by atoms with Crippen LogP contribution >= 0.6 is 0 Å². The molecule has 3 rings (SSSR count). The molecule has 1 saturated heterocycles. The van der Waals surface area contributed by atoms with Gasteiger partial charge in [0.1, 0.15) is 18.7 Å². The Morgan fingerprint density at radius 3 is 3.10 bits per heavy atom. The fraction of sp³-hybridized carbons (Fsp3) is 0.500. The molecule has 0 unspecified atom stereocenters. The first kappa shape index (κ1) is 13.8. The molecule has 112 valence electrons. The van der Waals surface area contributed by atoms with Gasteiger partial charge in [-0.15, -0.1) is 0 Å². The summed E-state index contributed by atoms with van der Waals surface area (Å²) in [4.78, 5) is 10.8. The molecule has 0 atom stereocenters. The van der Waals surface area contributed by atoms with Crippen molar-refractivity contribution in [3.05, 3.63) is 30.6 Å². The van der Waals surface area contributed by atoms with Crippen molar-refractivity contribution in [2.45, 2.75) is 13.0 Å². The fourth-order valence-electron chi connectivity index (χ4n) is 2.36. The van der Waals surface area contributed by atoms with E-state index in [1.807, 2.05) is 19.3 Å². The Labute approximate surface area is 124 Å². The highest BCUT2D eigenvalue weighted by atomic mass is 16.5. The monoisotopic (exact) mass is 288 g/mol. The van der Waals surface area contributed by atoms with Crippen molar-refractivity contribution in [3.8, 4) is 5.75 Å². The molecule has 0 bridgehead atoms. The Hall–Kier alpha value is -2.15. The molecule has 21 heavy (non-hydrogen) atoms. The first-order chi connectivity index (χ1) is 10.3. The third kappa shape index (κ3) is 3.49.